The highest BCUT2D eigenvalue weighted by atomic mass is 16.7. The van der Waals surface area contributed by atoms with Gasteiger partial charge in [-0.05, 0) is 44.1 Å². The van der Waals surface area contributed by atoms with Crippen LogP contribution in [0.2, 0.25) is 0 Å². The van der Waals surface area contributed by atoms with Gasteiger partial charge in [-0.1, -0.05) is 79.1 Å². The summed E-state index contributed by atoms with van der Waals surface area (Å²) in [6, 6.07) is -7.49. The minimum atomic E-state index is -1.99. The van der Waals surface area contributed by atoms with E-state index < -0.39 is 156 Å². The van der Waals surface area contributed by atoms with Crippen LogP contribution in [0.25, 0.3) is 0 Å². The topological polar surface area (TPSA) is 526 Å². The number of aliphatic hydroxyl groups is 4. The fraction of sp³-hybridized carbons (Fsp3) is 0.765. The molecule has 4 amide bonds. The second kappa shape index (κ2) is 34.4. The van der Waals surface area contributed by atoms with E-state index in [4.69, 9.17) is 41.6 Å². The molecule has 2 saturated heterocycles. The predicted molar refractivity (Wildman–Crippen MR) is 296 cm³/mol. The van der Waals surface area contributed by atoms with E-state index in [-0.39, 0.29) is 51.4 Å². The van der Waals surface area contributed by atoms with Crippen molar-refractivity contribution in [3.05, 3.63) is 33.1 Å². The number of carboxylic acid groups (broad SMARTS) is 2. The Labute approximate surface area is 484 Å². The van der Waals surface area contributed by atoms with Crippen molar-refractivity contribution in [1.82, 2.24) is 46.5 Å². The molecule has 0 aromatic carbocycles. The molecule has 15 atom stereocenters. The van der Waals surface area contributed by atoms with Gasteiger partial charge in [0.2, 0.25) is 17.8 Å². The molecule has 3 aliphatic heterocycles. The number of nitrogens with one attached hydrogen (secondary N) is 8. The maximum absolute atomic E-state index is 14.5. The lowest BCUT2D eigenvalue weighted by molar-refractivity contribution is -0.228. The number of aliphatic hydroxyl groups excluding tert-OH is 4. The zero-order chi connectivity index (χ0) is 62.4. The number of aromatic amines is 1. The van der Waals surface area contributed by atoms with Gasteiger partial charge in [0.25, 0.3) is 5.56 Å². The summed E-state index contributed by atoms with van der Waals surface area (Å²) in [6.07, 6.45) is -7.55. The predicted octanol–water partition coefficient (Wildman–Crippen LogP) is -4.12. The van der Waals surface area contributed by atoms with Crippen LogP contribution in [0.5, 0.6) is 0 Å². The first-order chi connectivity index (χ1) is 39.8. The lowest BCUT2D eigenvalue weighted by Gasteiger charge is -2.34. The summed E-state index contributed by atoms with van der Waals surface area (Å²) < 4.78 is 24.0. The summed E-state index contributed by atoms with van der Waals surface area (Å²) in [5.41, 5.74) is 15.1. The molecule has 33 nitrogen and oxygen atoms in total. The molecule has 4 rings (SSSR count). The van der Waals surface area contributed by atoms with Gasteiger partial charge in [-0.3, -0.25) is 49.1 Å². The molecule has 0 spiro atoms. The maximum Gasteiger partial charge on any atom is 0.330 e. The summed E-state index contributed by atoms with van der Waals surface area (Å²) in [5.74, 6) is -7.16. The number of aliphatic imine (C=N–C) groups is 1. The summed E-state index contributed by atoms with van der Waals surface area (Å²) >= 11 is 0. The fourth-order valence-electron chi connectivity index (χ4n) is 9.82. The molecular formula is C51H88N14O19. The number of amides is 4. The molecule has 4 heterocycles. The van der Waals surface area contributed by atoms with Crippen molar-refractivity contribution in [2.24, 2.45) is 34.0 Å². The smallest absolute Gasteiger partial charge is 0.330 e. The van der Waals surface area contributed by atoms with Crippen LogP contribution in [0.1, 0.15) is 117 Å². The Kier molecular flexibility index (Phi) is 28.6. The van der Waals surface area contributed by atoms with E-state index in [1.807, 2.05) is 4.98 Å². The number of urea groups is 1. The number of esters is 1. The molecule has 0 aliphatic carbocycles. The Bertz CT molecular complexity index is 2470. The van der Waals surface area contributed by atoms with Crippen molar-refractivity contribution in [1.29, 1.82) is 5.41 Å². The summed E-state index contributed by atoms with van der Waals surface area (Å²) in [5, 5.41) is 97.3. The normalized spacial score (nSPS) is 24.4. The first-order valence-electron chi connectivity index (χ1n) is 28.4. The van der Waals surface area contributed by atoms with Crippen LogP contribution in [0.4, 0.5) is 4.79 Å². The number of aliphatic carboxylic acids is 2. The van der Waals surface area contributed by atoms with Crippen LogP contribution in [0.15, 0.2) is 26.8 Å². The second-order valence-corrected chi connectivity index (χ2v) is 21.7. The van der Waals surface area contributed by atoms with E-state index in [1.165, 1.54) is 0 Å². The lowest BCUT2D eigenvalue weighted by atomic mass is 9.96. The Hall–Kier alpha value is -6.56. The molecule has 0 saturated carbocycles. The number of aromatic nitrogens is 2. The number of rotatable bonds is 36. The van der Waals surface area contributed by atoms with Crippen LogP contribution in [-0.2, 0) is 42.9 Å². The monoisotopic (exact) mass is 1200 g/mol. The number of hydrogen-bond donors (Lipinski definition) is 18. The van der Waals surface area contributed by atoms with Crippen LogP contribution in [0.3, 0.4) is 0 Å². The number of hydrogen-bond acceptors (Lipinski definition) is 23. The van der Waals surface area contributed by atoms with Crippen molar-refractivity contribution in [2.75, 3.05) is 32.7 Å². The number of carboxylic acids is 2. The standard InChI is InChI=1S/C51H88N14O19/c1-25(2)31(45(74)75)62-50(78)63-32(27-17-21-58-49(55)59-27)43(73)61-33(39(26(3)4)82-30(67)16-13-11-9-7-5-6-8-10-12-14-22-65(80)48(53)54)42(72)57-20-15-19-56-34(46(76)77)40(84-47-38(71)35(68)28(24-52)81-47)41-36(69)37(70)44(83-41)64-23-18-29(66)60-51(64)79/h18,23,25-28,31-41,44,47,56,68-71,80H,5-17,19-22,24,52H2,1-4H3,(H3,53,54)(H,57,72)(H,61,73)(H,74,75)(H,76,77)(H3,55,58,59)(H,60,66,79)(H2,62,63,78)/t27-,28+,31-,32-,33-,34-,35+,36-,37+,38+,39-,40-,41-,44+,47-/m0/s1. The van der Waals surface area contributed by atoms with Gasteiger partial charge in [-0.15, -0.1) is 0 Å². The number of H-pyrrole nitrogens is 1. The van der Waals surface area contributed by atoms with Crippen molar-refractivity contribution in [2.45, 2.75) is 203 Å². The molecular weight excluding hydrogens is 1110 g/mol. The second-order valence-electron chi connectivity index (χ2n) is 21.7. The number of carbonyl (C=O) groups excluding carboxylic acids is 4. The fourth-order valence-corrected chi connectivity index (χ4v) is 9.82. The Morgan fingerprint density at radius 1 is 0.810 bits per heavy atom. The minimum absolute atomic E-state index is 0.0292. The van der Waals surface area contributed by atoms with Crippen LogP contribution < -0.4 is 60.4 Å². The van der Waals surface area contributed by atoms with Gasteiger partial charge in [-0.25, -0.2) is 19.4 Å². The third kappa shape index (κ3) is 20.9. The average molecular weight is 1200 g/mol. The third-order valence-electron chi connectivity index (χ3n) is 14.5. The number of hydroxylamine groups is 2. The zero-order valence-corrected chi connectivity index (χ0v) is 47.8. The lowest BCUT2D eigenvalue weighted by Crippen LogP contribution is -2.66. The van der Waals surface area contributed by atoms with Gasteiger partial charge in [0.05, 0.1) is 6.04 Å². The van der Waals surface area contributed by atoms with E-state index in [0.717, 1.165) is 61.8 Å². The Morgan fingerprint density at radius 2 is 1.44 bits per heavy atom. The molecule has 0 bridgehead atoms. The van der Waals surface area contributed by atoms with Gasteiger partial charge in [0.15, 0.2) is 18.5 Å². The van der Waals surface area contributed by atoms with Gasteiger partial charge in [0.1, 0.15) is 73.0 Å². The van der Waals surface area contributed by atoms with Gasteiger partial charge >= 0.3 is 29.6 Å². The first-order valence-corrected chi connectivity index (χ1v) is 28.4. The molecule has 0 radical (unpaired) electrons. The van der Waals surface area contributed by atoms with Gasteiger partial charge in [-0.2, -0.15) is 0 Å². The number of nitrogens with two attached hydrogens (primary N) is 3. The SMILES string of the molecule is CC(C)[C@H](NC(=O)N[C@H](C(=O)N[C@H](C(=O)NCCCN[C@H](C(=O)O)[C@H](O[C@@H]1O[C@H](CN)[C@@H](O)[C@H]1O)[C@H]1O[C@@H](n2ccc(=O)[nH]c2=O)[C@H](O)[C@@H]1O)[C@@H](OC(=O)CCCCCCCCCCCCN(O)C(=N)N)C(C)C)[C@@H]1CCN=C(N)N1)C(=O)O. The van der Waals surface area contributed by atoms with Crippen molar-refractivity contribution >= 4 is 47.7 Å². The molecule has 1 aromatic heterocycles. The summed E-state index contributed by atoms with van der Waals surface area (Å²) in [4.78, 5) is 112. The Balaban J connectivity index is 1.51. The molecule has 3 aliphatic rings. The van der Waals surface area contributed by atoms with Crippen molar-refractivity contribution in [3.8, 4) is 0 Å². The van der Waals surface area contributed by atoms with Crippen LogP contribution in [0, 0.1) is 17.2 Å². The van der Waals surface area contributed by atoms with E-state index >= 15 is 0 Å². The van der Waals surface area contributed by atoms with E-state index in [9.17, 15) is 74.2 Å². The van der Waals surface area contributed by atoms with Gasteiger partial charge < -0.3 is 98.7 Å². The number of nitrogens with zero attached hydrogens (tertiary/aromatic N) is 3. The quantitative estimate of drug-likeness (QED) is 0.00998. The van der Waals surface area contributed by atoms with Crippen molar-refractivity contribution < 1.29 is 83.6 Å². The number of guanidine groups is 2. The summed E-state index contributed by atoms with van der Waals surface area (Å²) in [6.45, 7) is 6.01. The number of unbranched alkanes of at least 4 members (excludes halogenated alkanes) is 9. The van der Waals surface area contributed by atoms with E-state index in [2.05, 4.69) is 36.9 Å². The largest absolute Gasteiger partial charge is 0.480 e. The van der Waals surface area contributed by atoms with Gasteiger partial charge in [0, 0.05) is 44.9 Å². The molecule has 1 aromatic rings. The minimum Gasteiger partial charge on any atom is -0.480 e. The van der Waals surface area contributed by atoms with E-state index in [1.54, 1.807) is 27.7 Å². The highest BCUT2D eigenvalue weighted by Crippen LogP contribution is 2.34. The zero-order valence-electron chi connectivity index (χ0n) is 47.8. The maximum atomic E-state index is 14.5. The number of ether oxygens (including phenoxy) is 4. The highest BCUT2D eigenvalue weighted by molar-refractivity contribution is 5.94. The third-order valence-corrected chi connectivity index (χ3v) is 14.5. The summed E-state index contributed by atoms with van der Waals surface area (Å²) in [7, 11) is 0. The van der Waals surface area contributed by atoms with Crippen LogP contribution in [-0.4, -0.2) is 216 Å². The van der Waals surface area contributed by atoms with Crippen molar-refractivity contribution in [3.63, 3.8) is 0 Å². The Morgan fingerprint density at radius 3 is 2.00 bits per heavy atom. The number of carbonyl (C=O) groups is 6. The van der Waals surface area contributed by atoms with E-state index in [0.29, 0.717) is 30.9 Å². The molecule has 2 fully saturated rings. The molecule has 33 heteroatoms. The molecule has 476 valence electrons. The highest BCUT2D eigenvalue weighted by Gasteiger charge is 2.54. The molecule has 0 unspecified atom stereocenters. The molecule has 84 heavy (non-hydrogen) atoms. The van der Waals surface area contributed by atoms with Crippen LogP contribution >= 0.6 is 0 Å². The molecule has 21 N–H and O–H groups in total. The average Bonchev–Trinajstić information content (AvgIpc) is 3.27. The first kappa shape index (κ1) is 69.9.